The molecule has 3 heteroatoms. The molecule has 4 saturated carbocycles. The molecule has 2 atom stereocenters. The molecule has 2 nitrogen and oxygen atoms in total. The Kier molecular flexibility index (Phi) is 3.24. The standard InChI is InChI=1S/C19H23BrO2/c20-19-10-14-5-4-8-17(9-14,16(21)22)11-18(12-19,13-19)15-6-2-1-3-7-15/h1-3,6-7,14H,4-5,8-13H2,(H,21,22). The van der Waals surface area contributed by atoms with Gasteiger partial charge in [0, 0.05) is 4.32 Å². The number of hydrogen-bond donors (Lipinski definition) is 1. The van der Waals surface area contributed by atoms with E-state index in [9.17, 15) is 9.90 Å². The van der Waals surface area contributed by atoms with Gasteiger partial charge in [-0.1, -0.05) is 59.1 Å². The number of halogens is 1. The number of rotatable bonds is 2. The van der Waals surface area contributed by atoms with Crippen molar-refractivity contribution in [2.24, 2.45) is 11.3 Å². The number of benzene rings is 1. The third-order valence-corrected chi connectivity index (χ3v) is 7.31. The number of aliphatic carboxylic acids is 1. The first-order valence-electron chi connectivity index (χ1n) is 8.43. The highest BCUT2D eigenvalue weighted by Crippen LogP contribution is 2.66. The van der Waals surface area contributed by atoms with Crippen LogP contribution in [0.5, 0.6) is 0 Å². The number of carboxylic acid groups (broad SMARTS) is 1. The van der Waals surface area contributed by atoms with Crippen LogP contribution in [0.1, 0.15) is 56.9 Å². The summed E-state index contributed by atoms with van der Waals surface area (Å²) in [4.78, 5) is 12.2. The van der Waals surface area contributed by atoms with Crippen LogP contribution in [0.2, 0.25) is 0 Å². The molecule has 4 bridgehead atoms. The zero-order valence-corrected chi connectivity index (χ0v) is 14.4. The molecule has 0 heterocycles. The van der Waals surface area contributed by atoms with Gasteiger partial charge in [0.25, 0.3) is 0 Å². The van der Waals surface area contributed by atoms with Crippen molar-refractivity contribution in [1.82, 2.24) is 0 Å². The highest BCUT2D eigenvalue weighted by atomic mass is 79.9. The fourth-order valence-electron chi connectivity index (χ4n) is 5.78. The van der Waals surface area contributed by atoms with Gasteiger partial charge in [0.15, 0.2) is 0 Å². The van der Waals surface area contributed by atoms with E-state index in [1.807, 2.05) is 6.07 Å². The second kappa shape index (κ2) is 4.83. The summed E-state index contributed by atoms with van der Waals surface area (Å²) in [5.74, 6) is 0.0276. The normalized spacial score (nSPS) is 43.6. The van der Waals surface area contributed by atoms with E-state index in [1.54, 1.807) is 0 Å². The van der Waals surface area contributed by atoms with Gasteiger partial charge in [-0.25, -0.2) is 0 Å². The Morgan fingerprint density at radius 2 is 1.86 bits per heavy atom. The van der Waals surface area contributed by atoms with E-state index < -0.39 is 11.4 Å². The van der Waals surface area contributed by atoms with Crippen molar-refractivity contribution in [2.45, 2.75) is 61.1 Å². The topological polar surface area (TPSA) is 37.3 Å². The molecule has 0 amide bonds. The molecule has 118 valence electrons. The molecule has 1 aromatic carbocycles. The van der Waals surface area contributed by atoms with E-state index >= 15 is 0 Å². The van der Waals surface area contributed by atoms with E-state index in [2.05, 4.69) is 40.2 Å². The van der Waals surface area contributed by atoms with Gasteiger partial charge in [-0.05, 0) is 55.4 Å². The molecule has 0 aromatic heterocycles. The lowest BCUT2D eigenvalue weighted by atomic mass is 9.46. The molecule has 4 aliphatic carbocycles. The summed E-state index contributed by atoms with van der Waals surface area (Å²) < 4.78 is 0.246. The van der Waals surface area contributed by atoms with Crippen LogP contribution in [-0.2, 0) is 10.2 Å². The van der Waals surface area contributed by atoms with Gasteiger partial charge in [-0.2, -0.15) is 0 Å². The lowest BCUT2D eigenvalue weighted by Crippen LogP contribution is -2.58. The fourth-order valence-corrected chi connectivity index (χ4v) is 7.32. The first-order valence-corrected chi connectivity index (χ1v) is 9.23. The maximum atomic E-state index is 12.2. The Labute approximate surface area is 140 Å². The first-order chi connectivity index (χ1) is 10.5. The van der Waals surface area contributed by atoms with Crippen molar-refractivity contribution >= 4 is 21.9 Å². The molecule has 2 unspecified atom stereocenters. The molecule has 0 radical (unpaired) electrons. The highest BCUT2D eigenvalue weighted by molar-refractivity contribution is 9.10. The van der Waals surface area contributed by atoms with Crippen LogP contribution in [-0.4, -0.2) is 15.4 Å². The minimum Gasteiger partial charge on any atom is -0.481 e. The summed E-state index contributed by atoms with van der Waals surface area (Å²) >= 11 is 4.01. The molecule has 5 rings (SSSR count). The summed E-state index contributed by atoms with van der Waals surface area (Å²) in [5, 5.41) is 10.0. The van der Waals surface area contributed by atoms with Crippen LogP contribution in [0, 0.1) is 11.3 Å². The van der Waals surface area contributed by atoms with Gasteiger partial charge >= 0.3 is 5.97 Å². The monoisotopic (exact) mass is 362 g/mol. The Morgan fingerprint density at radius 1 is 1.14 bits per heavy atom. The lowest BCUT2D eigenvalue weighted by Gasteiger charge is -2.61. The van der Waals surface area contributed by atoms with E-state index in [0.29, 0.717) is 5.92 Å². The average molecular weight is 363 g/mol. The maximum Gasteiger partial charge on any atom is 0.309 e. The smallest absolute Gasteiger partial charge is 0.309 e. The number of alkyl halides is 1. The van der Waals surface area contributed by atoms with Gasteiger partial charge in [-0.3, -0.25) is 4.79 Å². The SMILES string of the molecule is O=C(O)C12CCCC(CC3(Br)CC(c4ccccc4)(C3)C1)C2. The number of carboxylic acids is 1. The van der Waals surface area contributed by atoms with Gasteiger partial charge in [0.05, 0.1) is 5.41 Å². The van der Waals surface area contributed by atoms with Crippen molar-refractivity contribution in [2.75, 3.05) is 0 Å². The summed E-state index contributed by atoms with van der Waals surface area (Å²) in [7, 11) is 0. The average Bonchev–Trinajstić information content (AvgIpc) is 2.45. The van der Waals surface area contributed by atoms with Gasteiger partial charge in [0.2, 0.25) is 0 Å². The third kappa shape index (κ3) is 2.16. The van der Waals surface area contributed by atoms with Gasteiger partial charge < -0.3 is 5.11 Å². The van der Waals surface area contributed by atoms with Crippen molar-refractivity contribution in [3.05, 3.63) is 35.9 Å². The van der Waals surface area contributed by atoms with Crippen LogP contribution >= 0.6 is 15.9 Å². The second-order valence-electron chi connectivity index (χ2n) is 8.08. The molecule has 1 N–H and O–H groups in total. The lowest BCUT2D eigenvalue weighted by molar-refractivity contribution is -0.157. The molecule has 0 saturated heterocycles. The van der Waals surface area contributed by atoms with E-state index in [4.69, 9.17) is 0 Å². The number of hydrogen-bond acceptors (Lipinski definition) is 1. The molecule has 4 aliphatic rings. The van der Waals surface area contributed by atoms with Gasteiger partial charge in [0.1, 0.15) is 0 Å². The molecule has 4 fully saturated rings. The summed E-state index contributed by atoms with van der Waals surface area (Å²) in [5.41, 5.74) is 0.911. The fraction of sp³-hybridized carbons (Fsp3) is 0.632. The summed E-state index contributed by atoms with van der Waals surface area (Å²) in [6.07, 6.45) is 8.18. The van der Waals surface area contributed by atoms with Crippen LogP contribution in [0.15, 0.2) is 30.3 Å². The van der Waals surface area contributed by atoms with Crippen LogP contribution in [0.25, 0.3) is 0 Å². The minimum absolute atomic E-state index is 0.0610. The predicted octanol–water partition coefficient (Wildman–Crippen LogP) is 4.91. The Morgan fingerprint density at radius 3 is 2.55 bits per heavy atom. The molecule has 0 spiro atoms. The van der Waals surface area contributed by atoms with Crippen molar-refractivity contribution in [3.63, 3.8) is 0 Å². The summed E-state index contributed by atoms with van der Waals surface area (Å²) in [6, 6.07) is 10.6. The predicted molar refractivity (Wildman–Crippen MR) is 90.3 cm³/mol. The first kappa shape index (κ1) is 14.7. The number of carbonyl (C=O) groups is 1. The van der Waals surface area contributed by atoms with Crippen LogP contribution in [0.3, 0.4) is 0 Å². The third-order valence-electron chi connectivity index (χ3n) is 6.43. The Hall–Kier alpha value is -0.830. The molecular formula is C19H23BrO2. The maximum absolute atomic E-state index is 12.2. The molecule has 1 aromatic rings. The van der Waals surface area contributed by atoms with E-state index in [1.165, 1.54) is 12.0 Å². The summed E-state index contributed by atoms with van der Waals surface area (Å²) in [6.45, 7) is 0. The van der Waals surface area contributed by atoms with Gasteiger partial charge in [-0.15, -0.1) is 0 Å². The van der Waals surface area contributed by atoms with Crippen molar-refractivity contribution < 1.29 is 9.90 Å². The quantitative estimate of drug-likeness (QED) is 0.759. The van der Waals surface area contributed by atoms with E-state index in [-0.39, 0.29) is 9.74 Å². The zero-order valence-electron chi connectivity index (χ0n) is 12.9. The van der Waals surface area contributed by atoms with Crippen molar-refractivity contribution in [1.29, 1.82) is 0 Å². The van der Waals surface area contributed by atoms with E-state index in [0.717, 1.165) is 44.9 Å². The zero-order chi connectivity index (χ0) is 15.4. The second-order valence-corrected chi connectivity index (χ2v) is 9.76. The minimum atomic E-state index is -0.554. The molecule has 0 aliphatic heterocycles. The van der Waals surface area contributed by atoms with Crippen LogP contribution < -0.4 is 0 Å². The molecule has 22 heavy (non-hydrogen) atoms. The Bertz CT molecular complexity index is 591. The Balaban J connectivity index is 1.76. The van der Waals surface area contributed by atoms with Crippen molar-refractivity contribution in [3.8, 4) is 0 Å². The molecular weight excluding hydrogens is 340 g/mol. The largest absolute Gasteiger partial charge is 0.481 e. The van der Waals surface area contributed by atoms with Crippen LogP contribution in [0.4, 0.5) is 0 Å². The highest BCUT2D eigenvalue weighted by Gasteiger charge is 2.61.